The van der Waals surface area contributed by atoms with E-state index in [4.69, 9.17) is 0 Å². The monoisotopic (exact) mass is 471 g/mol. The molecule has 5 nitrogen and oxygen atoms in total. The van der Waals surface area contributed by atoms with Gasteiger partial charge in [-0.25, -0.2) is 0 Å². The maximum absolute atomic E-state index is 12.1. The molecule has 140 valence electrons. The topological polar surface area (TPSA) is 61.2 Å². The van der Waals surface area contributed by atoms with Crippen molar-refractivity contribution >= 4 is 62.5 Å². The van der Waals surface area contributed by atoms with Gasteiger partial charge in [0, 0.05) is 27.5 Å². The minimum Gasteiger partial charge on any atom is -0.282 e. The molecule has 0 aromatic heterocycles. The molecular formula is C20H14BrN3O2S2. The number of nitrogens with one attached hydrogen (secondary N) is 2. The molecule has 0 aliphatic carbocycles. The van der Waals surface area contributed by atoms with E-state index < -0.39 is 11.1 Å². The quantitative estimate of drug-likeness (QED) is 0.355. The van der Waals surface area contributed by atoms with Crippen molar-refractivity contribution in [2.24, 2.45) is 0 Å². The maximum atomic E-state index is 12.1. The molecule has 0 bridgehead atoms. The number of hydrogen-bond donors (Lipinski definition) is 2. The number of halogens is 1. The lowest BCUT2D eigenvalue weighted by atomic mass is 10.1. The molecule has 0 atom stereocenters. The highest BCUT2D eigenvalue weighted by atomic mass is 79.9. The van der Waals surface area contributed by atoms with Gasteiger partial charge in [0.2, 0.25) is 0 Å². The van der Waals surface area contributed by atoms with E-state index in [2.05, 4.69) is 43.6 Å². The highest BCUT2D eigenvalue weighted by Gasteiger charge is 2.33. The Balaban J connectivity index is 1.29. The number of para-hydroxylation sites is 1. The van der Waals surface area contributed by atoms with Crippen molar-refractivity contribution < 1.29 is 9.59 Å². The summed E-state index contributed by atoms with van der Waals surface area (Å²) in [5.41, 5.74) is 4.94. The Kier molecular flexibility index (Phi) is 5.72. The zero-order valence-corrected chi connectivity index (χ0v) is 17.6. The van der Waals surface area contributed by atoms with Crippen molar-refractivity contribution in [2.45, 2.75) is 0 Å². The fourth-order valence-corrected chi connectivity index (χ4v) is 4.35. The zero-order chi connectivity index (χ0) is 19.5. The Morgan fingerprint density at radius 3 is 2.39 bits per heavy atom. The van der Waals surface area contributed by atoms with Gasteiger partial charge in [0.1, 0.15) is 0 Å². The largest absolute Gasteiger partial charge is 0.301 e. The van der Waals surface area contributed by atoms with E-state index in [0.29, 0.717) is 5.56 Å². The number of benzene rings is 3. The van der Waals surface area contributed by atoms with Gasteiger partial charge in [-0.05, 0) is 35.9 Å². The predicted molar refractivity (Wildman–Crippen MR) is 119 cm³/mol. The Morgan fingerprint density at radius 1 is 0.893 bits per heavy atom. The summed E-state index contributed by atoms with van der Waals surface area (Å²) in [7, 11) is 0. The third-order valence-corrected chi connectivity index (χ3v) is 6.07. The van der Waals surface area contributed by atoms with Gasteiger partial charge < -0.3 is 0 Å². The molecule has 1 heterocycles. The summed E-state index contributed by atoms with van der Waals surface area (Å²) in [6, 6.07) is 23.1. The van der Waals surface area contributed by atoms with Crippen LogP contribution in [0.2, 0.25) is 0 Å². The number of anilines is 2. The van der Waals surface area contributed by atoms with Crippen molar-refractivity contribution in [1.29, 1.82) is 0 Å². The summed E-state index contributed by atoms with van der Waals surface area (Å²) >= 11 is 5.45. The van der Waals surface area contributed by atoms with Crippen LogP contribution in [0, 0.1) is 0 Å². The molecule has 2 N–H and O–H groups in total. The first-order chi connectivity index (χ1) is 13.6. The Bertz CT molecular complexity index is 1030. The summed E-state index contributed by atoms with van der Waals surface area (Å²) in [6.07, 6.45) is 0. The fourth-order valence-electron chi connectivity index (χ4n) is 2.70. The molecule has 0 saturated heterocycles. The molecule has 3 aromatic carbocycles. The summed E-state index contributed by atoms with van der Waals surface area (Å²) in [4.78, 5) is 24.0. The lowest BCUT2D eigenvalue weighted by molar-refractivity contribution is 0.0969. The van der Waals surface area contributed by atoms with Crippen molar-refractivity contribution in [3.8, 4) is 11.1 Å². The molecule has 1 aliphatic rings. The average Bonchev–Trinajstić information content (AvgIpc) is 3.42. The number of nitrogens with zero attached hydrogens (tertiary/aromatic N) is 1. The minimum atomic E-state index is -0.463. The lowest BCUT2D eigenvalue weighted by Crippen LogP contribution is -2.28. The number of amides is 2. The van der Waals surface area contributed by atoms with Gasteiger partial charge in [-0.3, -0.25) is 19.2 Å². The Labute approximate surface area is 179 Å². The standard InChI is InChI=1S/C20H14BrN3O2S2/c21-15-11-9-14(10-12-15)19(25)22-20(26)27-23-28-24-17-8-4-7-16(18(17)24)13-5-2-1-3-6-13/h1-12,23H,(H,22,25,26). The molecule has 3 aromatic rings. The van der Waals surface area contributed by atoms with Gasteiger partial charge in [-0.1, -0.05) is 58.4 Å². The van der Waals surface area contributed by atoms with Crippen LogP contribution in [0.15, 0.2) is 77.3 Å². The molecule has 0 saturated carbocycles. The molecule has 1 aliphatic heterocycles. The van der Waals surface area contributed by atoms with Crippen molar-refractivity contribution in [1.82, 2.24) is 9.44 Å². The minimum absolute atomic E-state index is 0.427. The smallest absolute Gasteiger partial charge is 0.282 e. The van der Waals surface area contributed by atoms with Crippen LogP contribution in [0.25, 0.3) is 11.1 Å². The second kappa shape index (κ2) is 8.40. The third-order valence-electron chi connectivity index (χ3n) is 4.06. The summed E-state index contributed by atoms with van der Waals surface area (Å²) < 4.78 is 5.81. The first-order valence-corrected chi connectivity index (χ1v) is 10.7. The van der Waals surface area contributed by atoms with Crippen LogP contribution in [-0.4, -0.2) is 11.1 Å². The molecule has 28 heavy (non-hydrogen) atoms. The van der Waals surface area contributed by atoms with Crippen LogP contribution in [-0.2, 0) is 0 Å². The van der Waals surface area contributed by atoms with Crippen LogP contribution in [0.5, 0.6) is 0 Å². The van der Waals surface area contributed by atoms with Gasteiger partial charge in [0.25, 0.3) is 5.91 Å². The maximum Gasteiger partial charge on any atom is 0.301 e. The van der Waals surface area contributed by atoms with Crippen molar-refractivity contribution in [2.75, 3.05) is 4.31 Å². The van der Waals surface area contributed by atoms with Crippen molar-refractivity contribution in [3.05, 3.63) is 82.8 Å². The van der Waals surface area contributed by atoms with E-state index in [-0.39, 0.29) is 0 Å². The van der Waals surface area contributed by atoms with Gasteiger partial charge in [-0.15, -0.1) is 0 Å². The highest BCUT2D eigenvalue weighted by molar-refractivity contribution is 9.10. The number of carbonyl (C=O) groups is 2. The summed E-state index contributed by atoms with van der Waals surface area (Å²) in [5.74, 6) is -0.432. The van der Waals surface area contributed by atoms with Crippen molar-refractivity contribution in [3.63, 3.8) is 0 Å². The number of fused-ring (bicyclic) bond motifs is 1. The molecule has 0 unspecified atom stereocenters. The third kappa shape index (κ3) is 4.25. The van der Waals surface area contributed by atoms with Crippen LogP contribution >= 0.6 is 40.0 Å². The highest BCUT2D eigenvalue weighted by Crippen LogP contribution is 2.57. The number of rotatable bonds is 5. The summed E-state index contributed by atoms with van der Waals surface area (Å²) in [5, 5.41) is 1.88. The molecule has 2 amide bonds. The van der Waals surface area contributed by atoms with Gasteiger partial charge in [-0.2, -0.15) is 4.13 Å². The fraction of sp³-hybridized carbons (Fsp3) is 0. The van der Waals surface area contributed by atoms with Crippen LogP contribution in [0.4, 0.5) is 16.2 Å². The van der Waals surface area contributed by atoms with Gasteiger partial charge >= 0.3 is 5.24 Å². The van der Waals surface area contributed by atoms with E-state index in [1.54, 1.807) is 24.3 Å². The molecule has 8 heteroatoms. The van der Waals surface area contributed by atoms with Gasteiger partial charge in [0.05, 0.1) is 23.5 Å². The summed E-state index contributed by atoms with van der Waals surface area (Å²) in [6.45, 7) is 0. The Morgan fingerprint density at radius 2 is 1.64 bits per heavy atom. The van der Waals surface area contributed by atoms with Crippen LogP contribution < -0.4 is 13.7 Å². The van der Waals surface area contributed by atoms with Crippen LogP contribution in [0.3, 0.4) is 0 Å². The normalized spacial score (nSPS) is 11.7. The first kappa shape index (κ1) is 19.1. The molecule has 4 rings (SSSR count). The average molecular weight is 472 g/mol. The molecule has 0 spiro atoms. The Hall–Kier alpha value is -2.26. The molecule has 0 fully saturated rings. The second-order valence-electron chi connectivity index (χ2n) is 5.86. The van der Waals surface area contributed by atoms with Gasteiger partial charge in [0.15, 0.2) is 0 Å². The predicted octanol–water partition coefficient (Wildman–Crippen LogP) is 5.92. The molecule has 0 radical (unpaired) electrons. The number of imide groups is 1. The van der Waals surface area contributed by atoms with E-state index in [1.807, 2.05) is 34.6 Å². The number of carbonyl (C=O) groups excluding carboxylic acids is 2. The SMILES string of the molecule is O=C(NC(=O)c1ccc(Br)cc1)SNSN1c2cccc(-c3ccccc3)c21. The first-order valence-electron chi connectivity index (χ1n) is 8.32. The molecular weight excluding hydrogens is 458 g/mol. The number of hydrogen-bond acceptors (Lipinski definition) is 6. The van der Waals surface area contributed by atoms with E-state index >= 15 is 0 Å². The lowest BCUT2D eigenvalue weighted by Gasteiger charge is -2.06. The van der Waals surface area contributed by atoms with E-state index in [0.717, 1.165) is 38.9 Å². The second-order valence-corrected chi connectivity index (χ2v) is 8.56. The zero-order valence-electron chi connectivity index (χ0n) is 14.4. The van der Waals surface area contributed by atoms with E-state index in [9.17, 15) is 9.59 Å². The van der Waals surface area contributed by atoms with E-state index in [1.165, 1.54) is 12.1 Å². The van der Waals surface area contributed by atoms with Crippen LogP contribution in [0.1, 0.15) is 10.4 Å².